The van der Waals surface area contributed by atoms with Gasteiger partial charge in [-0.25, -0.2) is 4.79 Å². The summed E-state index contributed by atoms with van der Waals surface area (Å²) in [5.41, 5.74) is 0.204. The molecule has 5 fully saturated rings. The average molecular weight is 761 g/mol. The van der Waals surface area contributed by atoms with Crippen molar-refractivity contribution < 1.29 is 53.3 Å². The predicted octanol–water partition coefficient (Wildman–Crippen LogP) is 7.27. The van der Waals surface area contributed by atoms with Gasteiger partial charge >= 0.3 is 5.97 Å². The van der Waals surface area contributed by atoms with Crippen molar-refractivity contribution >= 4 is 5.97 Å². The quantitative estimate of drug-likeness (QED) is 0.122. The van der Waals surface area contributed by atoms with Gasteiger partial charge in [-0.2, -0.15) is 0 Å². The molecule has 11 heteroatoms. The van der Waals surface area contributed by atoms with Crippen LogP contribution in [0.25, 0.3) is 0 Å². The van der Waals surface area contributed by atoms with Gasteiger partial charge in [-0.05, 0) is 108 Å². The molecule has 54 heavy (non-hydrogen) atoms. The van der Waals surface area contributed by atoms with Crippen LogP contribution in [0.2, 0.25) is 0 Å². The molecule has 6 heterocycles. The molecule has 0 bridgehead atoms. The Kier molecular flexibility index (Phi) is 13.9. The number of aliphatic hydroxyl groups is 2. The first-order valence-electron chi connectivity index (χ1n) is 21.0. The maximum Gasteiger partial charge on any atom is 0.335 e. The highest BCUT2D eigenvalue weighted by atomic mass is 16.7. The number of aliphatic carboxylic acids is 1. The van der Waals surface area contributed by atoms with Crippen molar-refractivity contribution in [3.8, 4) is 0 Å². The van der Waals surface area contributed by atoms with Crippen LogP contribution in [0.1, 0.15) is 137 Å². The lowest BCUT2D eigenvalue weighted by Gasteiger charge is -2.48. The largest absolute Gasteiger partial charge is 0.479 e. The molecule has 0 aromatic heterocycles. The highest BCUT2D eigenvalue weighted by molar-refractivity contribution is 5.76. The lowest BCUT2D eigenvalue weighted by molar-refractivity contribution is -0.320. The number of ether oxygens (including phenoxy) is 7. The third-order valence-electron chi connectivity index (χ3n) is 12.8. The van der Waals surface area contributed by atoms with Crippen LogP contribution in [0.15, 0.2) is 36.0 Å². The van der Waals surface area contributed by atoms with Crippen LogP contribution < -0.4 is 0 Å². The second-order valence-electron chi connectivity index (χ2n) is 17.6. The summed E-state index contributed by atoms with van der Waals surface area (Å²) in [4.78, 5) is 11.6. The van der Waals surface area contributed by atoms with Crippen LogP contribution in [0.5, 0.6) is 0 Å². The summed E-state index contributed by atoms with van der Waals surface area (Å²) >= 11 is 0. The third kappa shape index (κ3) is 10.1. The predicted molar refractivity (Wildman–Crippen MR) is 202 cm³/mol. The maximum absolute atomic E-state index is 11.6. The number of carbonyl (C=O) groups is 1. The van der Waals surface area contributed by atoms with Gasteiger partial charge in [0.05, 0.1) is 42.7 Å². The highest BCUT2D eigenvalue weighted by Crippen LogP contribution is 2.46. The molecule has 0 radical (unpaired) electrons. The molecule has 2 spiro atoms. The molecule has 6 rings (SSSR count). The zero-order valence-electron chi connectivity index (χ0n) is 33.4. The molecule has 0 aromatic rings. The van der Waals surface area contributed by atoms with E-state index in [2.05, 4.69) is 39.5 Å². The standard InChI is InChI=1S/C43H68O11/c1-7-8-22-48-39-11-9-10-33(50-39)28(3)13-16-34-30(5)24-37-35(49-34)19-21-42(53-37)20-18-31(51-42)14-12-29(4)36-23-27(2)25-43(54-36)38(44)17-15-32(52-43)26-41(6,47)40(45)46/h12,14,25,28-29,31-39,44,47H,5,7-11,13,15-24,26H2,1-4,6H3,(H,45,46)/b14-12+/t28-,29+,31?,32?,33?,34+,35?,36?,37?,38?,39-,41+,42+,43+/m0/s1. The molecule has 14 atom stereocenters. The van der Waals surface area contributed by atoms with E-state index in [1.165, 1.54) is 6.92 Å². The maximum atomic E-state index is 11.6. The molecule has 6 aliphatic heterocycles. The van der Waals surface area contributed by atoms with Crippen molar-refractivity contribution in [1.29, 1.82) is 0 Å². The molecule has 0 aliphatic carbocycles. The van der Waals surface area contributed by atoms with Gasteiger partial charge in [0, 0.05) is 31.8 Å². The van der Waals surface area contributed by atoms with Crippen molar-refractivity contribution in [1.82, 2.24) is 0 Å². The molecular weight excluding hydrogens is 692 g/mol. The van der Waals surface area contributed by atoms with E-state index in [4.69, 9.17) is 33.2 Å². The van der Waals surface area contributed by atoms with Crippen molar-refractivity contribution in [2.24, 2.45) is 11.8 Å². The zero-order valence-corrected chi connectivity index (χ0v) is 33.4. The fraction of sp³-hybridized carbons (Fsp3) is 0.837. The Hall–Kier alpha value is -1.67. The van der Waals surface area contributed by atoms with Gasteiger partial charge in [0.25, 0.3) is 0 Å². The van der Waals surface area contributed by atoms with Crippen LogP contribution in [0.3, 0.4) is 0 Å². The number of carboxylic acids is 1. The minimum atomic E-state index is -1.93. The van der Waals surface area contributed by atoms with Crippen molar-refractivity contribution in [2.45, 2.75) is 210 Å². The van der Waals surface area contributed by atoms with Crippen LogP contribution in [0.4, 0.5) is 0 Å². The van der Waals surface area contributed by atoms with Gasteiger partial charge in [-0.15, -0.1) is 0 Å². The molecule has 11 nitrogen and oxygen atoms in total. The minimum absolute atomic E-state index is 0.0133. The van der Waals surface area contributed by atoms with E-state index in [1.807, 2.05) is 13.0 Å². The summed E-state index contributed by atoms with van der Waals surface area (Å²) in [5, 5.41) is 30.9. The third-order valence-corrected chi connectivity index (χ3v) is 12.8. The fourth-order valence-corrected chi connectivity index (χ4v) is 9.34. The lowest BCUT2D eigenvalue weighted by atomic mass is 9.86. The zero-order chi connectivity index (χ0) is 38.7. The van der Waals surface area contributed by atoms with Gasteiger partial charge in [-0.3, -0.25) is 0 Å². The molecule has 5 saturated heterocycles. The van der Waals surface area contributed by atoms with Crippen molar-refractivity contribution in [2.75, 3.05) is 6.61 Å². The molecule has 7 unspecified atom stereocenters. The fourth-order valence-electron chi connectivity index (χ4n) is 9.34. The van der Waals surface area contributed by atoms with Crippen LogP contribution >= 0.6 is 0 Å². The van der Waals surface area contributed by atoms with E-state index in [0.29, 0.717) is 25.2 Å². The van der Waals surface area contributed by atoms with E-state index >= 15 is 0 Å². The van der Waals surface area contributed by atoms with Crippen molar-refractivity contribution in [3.63, 3.8) is 0 Å². The number of fused-ring (bicyclic) bond motifs is 1. The minimum Gasteiger partial charge on any atom is -0.479 e. The number of hydrogen-bond acceptors (Lipinski definition) is 10. The summed E-state index contributed by atoms with van der Waals surface area (Å²) < 4.78 is 45.2. The smallest absolute Gasteiger partial charge is 0.335 e. The van der Waals surface area contributed by atoms with E-state index in [9.17, 15) is 20.1 Å². The monoisotopic (exact) mass is 760 g/mol. The number of aliphatic hydroxyl groups excluding tert-OH is 1. The Morgan fingerprint density at radius 1 is 1.04 bits per heavy atom. The average Bonchev–Trinajstić information content (AvgIpc) is 3.52. The van der Waals surface area contributed by atoms with Crippen molar-refractivity contribution in [3.05, 3.63) is 36.0 Å². The molecule has 0 amide bonds. The van der Waals surface area contributed by atoms with Gasteiger partial charge < -0.3 is 48.5 Å². The molecule has 6 aliphatic rings. The Morgan fingerprint density at radius 3 is 2.61 bits per heavy atom. The summed E-state index contributed by atoms with van der Waals surface area (Å²) in [7, 11) is 0. The van der Waals surface area contributed by atoms with E-state index in [-0.39, 0.29) is 55.3 Å². The summed E-state index contributed by atoms with van der Waals surface area (Å²) in [6.45, 7) is 15.0. The number of carboxylic acid groups (broad SMARTS) is 1. The second kappa shape index (κ2) is 17.9. The first-order valence-corrected chi connectivity index (χ1v) is 21.0. The summed E-state index contributed by atoms with van der Waals surface area (Å²) in [6, 6.07) is 0. The van der Waals surface area contributed by atoms with Gasteiger partial charge in [-0.1, -0.05) is 51.5 Å². The number of rotatable bonds is 14. The summed E-state index contributed by atoms with van der Waals surface area (Å²) in [6.07, 6.45) is 17.4. The topological polar surface area (TPSA) is 142 Å². The normalized spacial score (nSPS) is 41.1. The Balaban J connectivity index is 0.966. The molecule has 0 aromatic carbocycles. The molecule has 0 saturated carbocycles. The molecule has 3 N–H and O–H groups in total. The first kappa shape index (κ1) is 41.9. The highest BCUT2D eigenvalue weighted by Gasteiger charge is 2.51. The van der Waals surface area contributed by atoms with Gasteiger partial charge in [0.15, 0.2) is 17.7 Å². The van der Waals surface area contributed by atoms with Crippen LogP contribution in [-0.2, 0) is 38.0 Å². The Morgan fingerprint density at radius 2 is 1.83 bits per heavy atom. The number of hydrogen-bond donors (Lipinski definition) is 3. The first-order chi connectivity index (χ1) is 25.7. The molecule has 306 valence electrons. The van der Waals surface area contributed by atoms with E-state index in [0.717, 1.165) is 94.8 Å². The molecular formula is C43H68O11. The Bertz CT molecular complexity index is 1350. The summed E-state index contributed by atoms with van der Waals surface area (Å²) in [5.74, 6) is -2.88. The van der Waals surface area contributed by atoms with Crippen LogP contribution in [0, 0.1) is 11.8 Å². The SMILES string of the molecule is C=C1CC2O[C@]3(CCC(/C=C/[C@@H](C)C4CC(C)=C[C@@]5(OC(C[C@@](C)(O)C(=O)O)CCC5O)O4)O3)CCC2O[C@@H]1CC[C@H](C)C1CCC[C@@H](OCCCC)O1. The Labute approximate surface area is 322 Å². The van der Waals surface area contributed by atoms with E-state index in [1.54, 1.807) is 0 Å². The van der Waals surface area contributed by atoms with Crippen LogP contribution in [-0.4, -0.2) is 100 Å². The second-order valence-corrected chi connectivity index (χ2v) is 17.6. The van der Waals surface area contributed by atoms with Gasteiger partial charge in [0.2, 0.25) is 5.79 Å². The van der Waals surface area contributed by atoms with Gasteiger partial charge in [0.1, 0.15) is 6.10 Å². The van der Waals surface area contributed by atoms with E-state index < -0.39 is 35.4 Å². The lowest BCUT2D eigenvalue weighted by Crippen LogP contribution is -2.57. The number of unbranched alkanes of at least 4 members (excludes halogenated alkanes) is 1.